The van der Waals surface area contributed by atoms with Crippen LogP contribution < -0.4 is 10.1 Å². The zero-order chi connectivity index (χ0) is 23.9. The Kier molecular flexibility index (Phi) is 7.92. The largest absolute Gasteiger partial charge is 0.491 e. The van der Waals surface area contributed by atoms with Crippen molar-refractivity contribution >= 4 is 5.91 Å². The summed E-state index contributed by atoms with van der Waals surface area (Å²) in [5.41, 5.74) is 3.95. The standard InChI is InChI=1S/C26H32N4O4/c1-18(2)30-9-10-32-11-12-33-24-8-7-22(26(31)27-16-25-28-19(3)34-29-25)15-23(24)14-20-5-4-6-21(13-20)17-30/h4-8,13,15,18H,9-12,14,16-17H2,1-3H3,(H,27,31). The molecule has 8 heteroatoms. The highest BCUT2D eigenvalue weighted by Gasteiger charge is 2.15. The molecule has 2 heterocycles. The summed E-state index contributed by atoms with van der Waals surface area (Å²) >= 11 is 0. The third kappa shape index (κ3) is 6.42. The van der Waals surface area contributed by atoms with Crippen molar-refractivity contribution in [3.63, 3.8) is 0 Å². The normalized spacial score (nSPS) is 15.3. The van der Waals surface area contributed by atoms with E-state index in [1.54, 1.807) is 13.0 Å². The third-order valence-electron chi connectivity index (χ3n) is 5.81. The van der Waals surface area contributed by atoms with Gasteiger partial charge in [0.2, 0.25) is 5.89 Å². The van der Waals surface area contributed by atoms with E-state index in [1.165, 1.54) is 11.1 Å². The van der Waals surface area contributed by atoms with Crippen LogP contribution in [0.5, 0.6) is 5.75 Å². The van der Waals surface area contributed by atoms with Crippen molar-refractivity contribution in [1.82, 2.24) is 20.4 Å². The highest BCUT2D eigenvalue weighted by atomic mass is 16.5. The molecule has 3 aromatic rings. The van der Waals surface area contributed by atoms with E-state index in [2.05, 4.69) is 58.5 Å². The minimum atomic E-state index is -0.200. The first-order valence-corrected chi connectivity index (χ1v) is 11.7. The summed E-state index contributed by atoms with van der Waals surface area (Å²) in [6.07, 6.45) is 0.664. The number of carbonyl (C=O) groups excluding carboxylic acids is 1. The molecule has 0 spiro atoms. The van der Waals surface area contributed by atoms with Crippen molar-refractivity contribution in [2.75, 3.05) is 26.4 Å². The van der Waals surface area contributed by atoms with Crippen LogP contribution in [0.2, 0.25) is 0 Å². The van der Waals surface area contributed by atoms with Gasteiger partial charge in [0.15, 0.2) is 5.82 Å². The number of fused-ring (bicyclic) bond motifs is 3. The van der Waals surface area contributed by atoms with Gasteiger partial charge in [-0.25, -0.2) is 0 Å². The van der Waals surface area contributed by atoms with Crippen LogP contribution in [0.4, 0.5) is 0 Å². The SMILES string of the molecule is Cc1nc(CNC(=O)c2ccc3c(c2)Cc2cccc(c2)CN(C(C)C)CCOCCO3)no1. The van der Waals surface area contributed by atoms with Gasteiger partial charge in [-0.15, -0.1) is 0 Å². The Labute approximate surface area is 200 Å². The first kappa shape index (κ1) is 23.9. The number of hydrogen-bond donors (Lipinski definition) is 1. The summed E-state index contributed by atoms with van der Waals surface area (Å²) in [4.78, 5) is 19.3. The van der Waals surface area contributed by atoms with Gasteiger partial charge in [-0.2, -0.15) is 4.98 Å². The van der Waals surface area contributed by atoms with Gasteiger partial charge in [-0.1, -0.05) is 29.4 Å². The highest BCUT2D eigenvalue weighted by molar-refractivity contribution is 5.94. The van der Waals surface area contributed by atoms with Gasteiger partial charge >= 0.3 is 0 Å². The number of aryl methyl sites for hydroxylation is 1. The van der Waals surface area contributed by atoms with E-state index in [1.807, 2.05) is 12.1 Å². The number of ether oxygens (including phenoxy) is 2. The average molecular weight is 465 g/mol. The lowest BCUT2D eigenvalue weighted by atomic mass is 9.99. The molecule has 1 amide bonds. The molecule has 34 heavy (non-hydrogen) atoms. The Bertz CT molecular complexity index is 1110. The molecule has 1 N–H and O–H groups in total. The van der Waals surface area contributed by atoms with E-state index in [0.29, 0.717) is 49.6 Å². The molecule has 4 rings (SSSR count). The zero-order valence-corrected chi connectivity index (χ0v) is 20.0. The van der Waals surface area contributed by atoms with Crippen molar-refractivity contribution in [2.24, 2.45) is 0 Å². The highest BCUT2D eigenvalue weighted by Crippen LogP contribution is 2.25. The van der Waals surface area contributed by atoms with E-state index in [-0.39, 0.29) is 12.5 Å². The van der Waals surface area contributed by atoms with Crippen LogP contribution in [0.15, 0.2) is 47.0 Å². The van der Waals surface area contributed by atoms with Gasteiger partial charge < -0.3 is 19.3 Å². The molecule has 2 bridgehead atoms. The lowest BCUT2D eigenvalue weighted by Crippen LogP contribution is -2.33. The fraction of sp³-hybridized carbons (Fsp3) is 0.423. The van der Waals surface area contributed by atoms with E-state index < -0.39 is 0 Å². The average Bonchev–Trinajstić information content (AvgIpc) is 3.24. The number of amides is 1. The van der Waals surface area contributed by atoms with Gasteiger partial charge in [0.25, 0.3) is 5.91 Å². The number of carbonyl (C=O) groups is 1. The zero-order valence-electron chi connectivity index (χ0n) is 20.0. The molecule has 180 valence electrons. The topological polar surface area (TPSA) is 89.7 Å². The maximum atomic E-state index is 12.8. The molecule has 0 saturated carbocycles. The van der Waals surface area contributed by atoms with Crippen LogP contribution in [-0.4, -0.2) is 53.4 Å². The summed E-state index contributed by atoms with van der Waals surface area (Å²) in [6.45, 7) is 9.71. The Morgan fingerprint density at radius 1 is 1.12 bits per heavy atom. The molecule has 1 aliphatic rings. The molecule has 0 radical (unpaired) electrons. The minimum Gasteiger partial charge on any atom is -0.491 e. The molecule has 0 fully saturated rings. The predicted molar refractivity (Wildman–Crippen MR) is 128 cm³/mol. The first-order chi connectivity index (χ1) is 16.5. The predicted octanol–water partition coefficient (Wildman–Crippen LogP) is 3.52. The number of nitrogens with one attached hydrogen (secondary N) is 1. The van der Waals surface area contributed by atoms with Crippen LogP contribution >= 0.6 is 0 Å². The lowest BCUT2D eigenvalue weighted by molar-refractivity contribution is 0.0695. The molecular weight excluding hydrogens is 432 g/mol. The Morgan fingerprint density at radius 2 is 1.97 bits per heavy atom. The molecular formula is C26H32N4O4. The summed E-state index contributed by atoms with van der Waals surface area (Å²) in [5.74, 6) is 1.48. The van der Waals surface area contributed by atoms with Crippen LogP contribution in [-0.2, 0) is 24.2 Å². The number of benzene rings is 2. The molecule has 8 nitrogen and oxygen atoms in total. The van der Waals surface area contributed by atoms with Gasteiger partial charge in [-0.3, -0.25) is 9.69 Å². The minimum absolute atomic E-state index is 0.200. The van der Waals surface area contributed by atoms with Crippen molar-refractivity contribution in [2.45, 2.75) is 46.3 Å². The van der Waals surface area contributed by atoms with Crippen molar-refractivity contribution in [1.29, 1.82) is 0 Å². The quantitative estimate of drug-likeness (QED) is 0.632. The van der Waals surface area contributed by atoms with Gasteiger partial charge in [0.05, 0.1) is 19.8 Å². The Balaban J connectivity index is 1.55. The monoisotopic (exact) mass is 464 g/mol. The van der Waals surface area contributed by atoms with Crippen LogP contribution in [0.1, 0.15) is 52.6 Å². The molecule has 0 unspecified atom stereocenters. The summed E-state index contributed by atoms with van der Waals surface area (Å²) < 4.78 is 16.8. The smallest absolute Gasteiger partial charge is 0.251 e. The Morgan fingerprint density at radius 3 is 2.76 bits per heavy atom. The van der Waals surface area contributed by atoms with Crippen molar-refractivity contribution < 1.29 is 18.8 Å². The maximum Gasteiger partial charge on any atom is 0.251 e. The summed E-state index contributed by atoms with van der Waals surface area (Å²) in [5, 5.41) is 6.67. The molecule has 0 saturated heterocycles. The first-order valence-electron chi connectivity index (χ1n) is 11.7. The van der Waals surface area contributed by atoms with Gasteiger partial charge in [-0.05, 0) is 48.7 Å². The molecule has 0 aliphatic carbocycles. The second-order valence-electron chi connectivity index (χ2n) is 8.76. The number of rotatable bonds is 4. The van der Waals surface area contributed by atoms with Gasteiger partial charge in [0, 0.05) is 38.0 Å². The van der Waals surface area contributed by atoms with Gasteiger partial charge in [0.1, 0.15) is 12.4 Å². The number of nitrogens with zero attached hydrogens (tertiary/aromatic N) is 3. The third-order valence-corrected chi connectivity index (χ3v) is 5.81. The fourth-order valence-electron chi connectivity index (χ4n) is 3.98. The lowest BCUT2D eigenvalue weighted by Gasteiger charge is -2.27. The van der Waals surface area contributed by atoms with Crippen LogP contribution in [0.25, 0.3) is 0 Å². The van der Waals surface area contributed by atoms with E-state index in [4.69, 9.17) is 14.0 Å². The number of aromatic nitrogens is 2. The summed E-state index contributed by atoms with van der Waals surface area (Å²) in [6, 6.07) is 14.6. The maximum absolute atomic E-state index is 12.8. The van der Waals surface area contributed by atoms with E-state index in [0.717, 1.165) is 24.4 Å². The molecule has 2 aromatic carbocycles. The second-order valence-corrected chi connectivity index (χ2v) is 8.76. The van der Waals surface area contributed by atoms with E-state index in [9.17, 15) is 4.79 Å². The number of hydrogen-bond acceptors (Lipinski definition) is 7. The second kappa shape index (κ2) is 11.3. The Hall–Kier alpha value is -3.23. The van der Waals surface area contributed by atoms with E-state index >= 15 is 0 Å². The molecule has 1 aromatic heterocycles. The van der Waals surface area contributed by atoms with Crippen molar-refractivity contribution in [3.8, 4) is 5.75 Å². The van der Waals surface area contributed by atoms with Crippen LogP contribution in [0, 0.1) is 6.92 Å². The summed E-state index contributed by atoms with van der Waals surface area (Å²) in [7, 11) is 0. The molecule has 1 aliphatic heterocycles. The molecule has 0 atom stereocenters. The van der Waals surface area contributed by atoms with Crippen molar-refractivity contribution in [3.05, 3.63) is 76.4 Å². The fourth-order valence-corrected chi connectivity index (χ4v) is 3.98. The van der Waals surface area contributed by atoms with Crippen LogP contribution in [0.3, 0.4) is 0 Å².